The summed E-state index contributed by atoms with van der Waals surface area (Å²) in [5.74, 6) is 0.0650. The monoisotopic (exact) mass is 360 g/mol. The first-order valence-electron chi connectivity index (χ1n) is 7.94. The highest BCUT2D eigenvalue weighted by Gasteiger charge is 2.28. The topological polar surface area (TPSA) is 75.7 Å². The van der Waals surface area contributed by atoms with Crippen LogP contribution in [0, 0.1) is 0 Å². The number of nitrogens with zero attached hydrogens (tertiary/aromatic N) is 1. The van der Waals surface area contributed by atoms with Gasteiger partial charge in [-0.25, -0.2) is 8.42 Å². The fourth-order valence-corrected chi connectivity index (χ4v) is 4.38. The van der Waals surface area contributed by atoms with E-state index in [0.717, 1.165) is 5.56 Å². The fraction of sp³-hybridized carbons (Fsp3) is 0.278. The van der Waals surface area contributed by atoms with Crippen LogP contribution in [0.15, 0.2) is 47.4 Å². The lowest BCUT2D eigenvalue weighted by atomic mass is 10.0. The van der Waals surface area contributed by atoms with Gasteiger partial charge in [0.15, 0.2) is 0 Å². The van der Waals surface area contributed by atoms with E-state index in [2.05, 4.69) is 5.32 Å². The van der Waals surface area contributed by atoms with Gasteiger partial charge in [-0.05, 0) is 29.7 Å². The van der Waals surface area contributed by atoms with E-state index in [1.165, 1.54) is 36.0 Å². The Morgan fingerprint density at radius 2 is 1.88 bits per heavy atom. The molecule has 1 N–H and O–H groups in total. The number of carbonyl (C=O) groups excluding carboxylic acids is 1. The highest BCUT2D eigenvalue weighted by atomic mass is 32.2. The maximum absolute atomic E-state index is 13.0. The first-order valence-corrected chi connectivity index (χ1v) is 9.38. The van der Waals surface area contributed by atoms with Gasteiger partial charge in [-0.15, -0.1) is 0 Å². The Morgan fingerprint density at radius 3 is 2.56 bits per heavy atom. The summed E-state index contributed by atoms with van der Waals surface area (Å²) in [6.07, 6.45) is 0.691. The molecule has 3 rings (SSSR count). The van der Waals surface area contributed by atoms with Gasteiger partial charge in [0.25, 0.3) is 0 Å². The van der Waals surface area contributed by atoms with E-state index >= 15 is 0 Å². The van der Waals surface area contributed by atoms with Crippen LogP contribution in [-0.4, -0.2) is 32.3 Å². The van der Waals surface area contributed by atoms with Crippen LogP contribution in [0.3, 0.4) is 0 Å². The average Bonchev–Trinajstić information content (AvgIpc) is 2.61. The molecular formula is C18H20N2O4S. The predicted octanol–water partition coefficient (Wildman–Crippen LogP) is 2.40. The molecule has 0 fully saturated rings. The van der Waals surface area contributed by atoms with Crippen LogP contribution in [0.25, 0.3) is 0 Å². The number of ether oxygens (including phenoxy) is 1. The van der Waals surface area contributed by atoms with Gasteiger partial charge in [-0.1, -0.05) is 24.3 Å². The highest BCUT2D eigenvalue weighted by molar-refractivity contribution is 7.89. The summed E-state index contributed by atoms with van der Waals surface area (Å²) < 4.78 is 32.7. The van der Waals surface area contributed by atoms with Crippen LogP contribution in [0.1, 0.15) is 18.1 Å². The number of hydrogen-bond donors (Lipinski definition) is 1. The van der Waals surface area contributed by atoms with Gasteiger partial charge in [0.2, 0.25) is 15.9 Å². The van der Waals surface area contributed by atoms with Gasteiger partial charge in [-0.3, -0.25) is 4.79 Å². The number of sulfonamides is 1. The second-order valence-electron chi connectivity index (χ2n) is 5.90. The molecular weight excluding hydrogens is 340 g/mol. The molecule has 0 unspecified atom stereocenters. The number of hydrogen-bond acceptors (Lipinski definition) is 4. The van der Waals surface area contributed by atoms with Crippen molar-refractivity contribution in [2.24, 2.45) is 0 Å². The minimum Gasteiger partial charge on any atom is -0.495 e. The molecule has 25 heavy (non-hydrogen) atoms. The summed E-state index contributed by atoms with van der Waals surface area (Å²) in [6.45, 7) is 2.18. The minimum atomic E-state index is -3.64. The maximum atomic E-state index is 13.0. The van der Waals surface area contributed by atoms with Crippen LogP contribution in [0.4, 0.5) is 5.69 Å². The molecule has 0 atom stereocenters. The van der Waals surface area contributed by atoms with E-state index in [-0.39, 0.29) is 10.8 Å². The maximum Gasteiger partial charge on any atom is 0.243 e. The van der Waals surface area contributed by atoms with E-state index in [9.17, 15) is 13.2 Å². The summed E-state index contributed by atoms with van der Waals surface area (Å²) >= 11 is 0. The Bertz CT molecular complexity index is 909. The second kappa shape index (κ2) is 6.85. The molecule has 0 bridgehead atoms. The van der Waals surface area contributed by atoms with Crippen molar-refractivity contribution in [1.82, 2.24) is 4.31 Å². The Kier molecular flexibility index (Phi) is 4.78. The van der Waals surface area contributed by atoms with Gasteiger partial charge in [-0.2, -0.15) is 4.31 Å². The number of fused-ring (bicyclic) bond motifs is 1. The minimum absolute atomic E-state index is 0.151. The van der Waals surface area contributed by atoms with Gasteiger partial charge in [0.1, 0.15) is 5.75 Å². The standard InChI is InChI=1S/C18H20N2O4S/c1-13(21)19-17-8-7-16(11-18(17)24-2)25(22,23)20-10-9-14-5-3-4-6-15(14)12-20/h3-8,11H,9-10,12H2,1-2H3,(H,19,21). The molecule has 0 saturated carbocycles. The molecule has 132 valence electrons. The van der Waals surface area contributed by atoms with Crippen LogP contribution in [0.2, 0.25) is 0 Å². The Labute approximate surface area is 147 Å². The summed E-state index contributed by atoms with van der Waals surface area (Å²) in [7, 11) is -2.20. The van der Waals surface area contributed by atoms with Gasteiger partial charge < -0.3 is 10.1 Å². The summed E-state index contributed by atoms with van der Waals surface area (Å²) in [4.78, 5) is 11.4. The number of nitrogens with one attached hydrogen (secondary N) is 1. The molecule has 7 heteroatoms. The molecule has 1 amide bonds. The Hall–Kier alpha value is -2.38. The highest BCUT2D eigenvalue weighted by Crippen LogP contribution is 2.31. The first-order chi connectivity index (χ1) is 11.9. The lowest BCUT2D eigenvalue weighted by molar-refractivity contribution is -0.114. The smallest absolute Gasteiger partial charge is 0.243 e. The van der Waals surface area contributed by atoms with Crippen LogP contribution >= 0.6 is 0 Å². The second-order valence-corrected chi connectivity index (χ2v) is 7.84. The van der Waals surface area contributed by atoms with Crippen molar-refractivity contribution in [2.45, 2.75) is 24.8 Å². The molecule has 0 aromatic heterocycles. The van der Waals surface area contributed by atoms with Gasteiger partial charge in [0, 0.05) is 26.1 Å². The van der Waals surface area contributed by atoms with Gasteiger partial charge in [0.05, 0.1) is 17.7 Å². The van der Waals surface area contributed by atoms with Crippen molar-refractivity contribution in [3.05, 3.63) is 53.6 Å². The first kappa shape index (κ1) is 17.4. The molecule has 0 aliphatic carbocycles. The summed E-state index contributed by atoms with van der Waals surface area (Å²) in [6, 6.07) is 12.4. The molecule has 6 nitrogen and oxygen atoms in total. The molecule has 0 saturated heterocycles. The van der Waals surface area contributed by atoms with E-state index in [1.54, 1.807) is 6.07 Å². The summed E-state index contributed by atoms with van der Waals surface area (Å²) in [5, 5.41) is 2.62. The molecule has 2 aromatic carbocycles. The number of rotatable bonds is 4. The molecule has 0 spiro atoms. The SMILES string of the molecule is COc1cc(S(=O)(=O)N2CCc3ccccc3C2)ccc1NC(C)=O. The van der Waals surface area contributed by atoms with Crippen molar-refractivity contribution in [3.8, 4) is 5.75 Å². The van der Waals surface area contributed by atoms with E-state index < -0.39 is 10.0 Å². The third kappa shape index (κ3) is 3.52. The lowest BCUT2D eigenvalue weighted by Crippen LogP contribution is -2.35. The van der Waals surface area contributed by atoms with Crippen molar-refractivity contribution in [2.75, 3.05) is 19.0 Å². The fourth-order valence-electron chi connectivity index (χ4n) is 2.95. The van der Waals surface area contributed by atoms with E-state index in [0.29, 0.717) is 30.9 Å². The average molecular weight is 360 g/mol. The quantitative estimate of drug-likeness (QED) is 0.908. The molecule has 0 radical (unpaired) electrons. The molecule has 1 aliphatic heterocycles. The van der Waals surface area contributed by atoms with Crippen molar-refractivity contribution in [1.29, 1.82) is 0 Å². The van der Waals surface area contributed by atoms with Gasteiger partial charge >= 0.3 is 0 Å². The third-order valence-electron chi connectivity index (χ3n) is 4.22. The number of amides is 1. The zero-order chi connectivity index (χ0) is 18.0. The van der Waals surface area contributed by atoms with E-state index in [1.807, 2.05) is 24.3 Å². The van der Waals surface area contributed by atoms with Crippen LogP contribution < -0.4 is 10.1 Å². The van der Waals surface area contributed by atoms with Crippen molar-refractivity contribution in [3.63, 3.8) is 0 Å². The van der Waals surface area contributed by atoms with Crippen LogP contribution in [-0.2, 0) is 27.8 Å². The molecule has 1 heterocycles. The van der Waals surface area contributed by atoms with E-state index in [4.69, 9.17) is 4.74 Å². The number of carbonyl (C=O) groups is 1. The van der Waals surface area contributed by atoms with Crippen LogP contribution in [0.5, 0.6) is 5.75 Å². The Morgan fingerprint density at radius 1 is 1.16 bits per heavy atom. The van der Waals surface area contributed by atoms with Crippen molar-refractivity contribution >= 4 is 21.6 Å². The zero-order valence-electron chi connectivity index (χ0n) is 14.2. The zero-order valence-corrected chi connectivity index (χ0v) is 15.0. The Balaban J connectivity index is 1.91. The molecule has 1 aliphatic rings. The normalized spacial score (nSPS) is 14.6. The number of benzene rings is 2. The summed E-state index contributed by atoms with van der Waals surface area (Å²) in [5.41, 5.74) is 2.66. The largest absolute Gasteiger partial charge is 0.495 e. The predicted molar refractivity (Wildman–Crippen MR) is 95.0 cm³/mol. The lowest BCUT2D eigenvalue weighted by Gasteiger charge is -2.28. The van der Waals surface area contributed by atoms with Crippen molar-refractivity contribution < 1.29 is 17.9 Å². The number of anilines is 1. The molecule has 2 aromatic rings. The number of methoxy groups -OCH3 is 1. The third-order valence-corrected chi connectivity index (χ3v) is 6.06.